The zero-order valence-electron chi connectivity index (χ0n) is 9.35. The molecule has 4 heteroatoms. The van der Waals surface area contributed by atoms with E-state index in [1.807, 2.05) is 43.7 Å². The lowest BCUT2D eigenvalue weighted by atomic mass is 10.2. The number of para-hydroxylation sites is 1. The van der Waals surface area contributed by atoms with Crippen LogP contribution in [0, 0.1) is 0 Å². The highest BCUT2D eigenvalue weighted by molar-refractivity contribution is 5.46. The normalized spacial score (nSPS) is 10.6. The van der Waals surface area contributed by atoms with E-state index in [4.69, 9.17) is 5.73 Å². The fourth-order valence-corrected chi connectivity index (χ4v) is 1.60. The summed E-state index contributed by atoms with van der Waals surface area (Å²) >= 11 is 0. The van der Waals surface area contributed by atoms with E-state index >= 15 is 0 Å². The number of aromatic nitrogens is 2. The quantitative estimate of drug-likeness (QED) is 0.757. The van der Waals surface area contributed by atoms with E-state index in [1.165, 1.54) is 5.56 Å². The third-order valence-corrected chi connectivity index (χ3v) is 2.46. The van der Waals surface area contributed by atoms with Gasteiger partial charge in [0.1, 0.15) is 0 Å². The largest absolute Gasteiger partial charge is 0.398 e. The van der Waals surface area contributed by atoms with Crippen molar-refractivity contribution in [3.63, 3.8) is 0 Å². The van der Waals surface area contributed by atoms with Crippen molar-refractivity contribution in [1.29, 1.82) is 0 Å². The Kier molecular flexibility index (Phi) is 3.22. The summed E-state index contributed by atoms with van der Waals surface area (Å²) in [7, 11) is 1.92. The van der Waals surface area contributed by atoms with Crippen LogP contribution in [0.1, 0.15) is 11.1 Å². The molecular formula is C12H16N4. The first-order valence-corrected chi connectivity index (χ1v) is 5.27. The Morgan fingerprint density at radius 3 is 2.81 bits per heavy atom. The number of hydrogen-bond donors (Lipinski definition) is 2. The van der Waals surface area contributed by atoms with Crippen LogP contribution in [0.3, 0.4) is 0 Å². The van der Waals surface area contributed by atoms with Gasteiger partial charge in [0.15, 0.2) is 0 Å². The van der Waals surface area contributed by atoms with E-state index < -0.39 is 0 Å². The number of aryl methyl sites for hydroxylation is 1. The van der Waals surface area contributed by atoms with Gasteiger partial charge in [-0.3, -0.25) is 4.68 Å². The Hall–Kier alpha value is -1.81. The topological polar surface area (TPSA) is 55.9 Å². The van der Waals surface area contributed by atoms with Crippen molar-refractivity contribution >= 4 is 5.69 Å². The van der Waals surface area contributed by atoms with Crippen LogP contribution in [0.15, 0.2) is 36.7 Å². The predicted molar refractivity (Wildman–Crippen MR) is 64.6 cm³/mol. The van der Waals surface area contributed by atoms with Crippen LogP contribution < -0.4 is 11.1 Å². The highest BCUT2D eigenvalue weighted by Gasteiger charge is 1.98. The van der Waals surface area contributed by atoms with Crippen molar-refractivity contribution in [1.82, 2.24) is 15.1 Å². The number of nitrogens with one attached hydrogen (secondary N) is 1. The van der Waals surface area contributed by atoms with Gasteiger partial charge in [-0.1, -0.05) is 18.2 Å². The minimum atomic E-state index is 0.779. The zero-order valence-corrected chi connectivity index (χ0v) is 9.35. The predicted octanol–water partition coefficient (Wildman–Crippen LogP) is 1.29. The maximum absolute atomic E-state index is 5.85. The van der Waals surface area contributed by atoms with Gasteiger partial charge in [-0.2, -0.15) is 5.10 Å². The number of nitrogen functional groups attached to an aromatic ring is 1. The number of anilines is 1. The summed E-state index contributed by atoms with van der Waals surface area (Å²) in [5.41, 5.74) is 8.99. The number of nitrogens with two attached hydrogens (primary N) is 1. The fraction of sp³-hybridized carbons (Fsp3) is 0.250. The molecule has 0 radical (unpaired) electrons. The average Bonchev–Trinajstić information content (AvgIpc) is 2.67. The molecule has 2 rings (SSSR count). The third-order valence-electron chi connectivity index (χ3n) is 2.46. The van der Waals surface area contributed by atoms with Gasteiger partial charge in [-0.05, 0) is 11.6 Å². The molecule has 0 aliphatic carbocycles. The summed E-state index contributed by atoms with van der Waals surface area (Å²) in [5, 5.41) is 7.45. The Balaban J connectivity index is 1.87. The zero-order chi connectivity index (χ0) is 11.4. The van der Waals surface area contributed by atoms with E-state index in [2.05, 4.69) is 10.4 Å². The maximum Gasteiger partial charge on any atom is 0.0534 e. The smallest absolute Gasteiger partial charge is 0.0534 e. The molecular weight excluding hydrogens is 200 g/mol. The summed E-state index contributed by atoms with van der Waals surface area (Å²) in [6, 6.07) is 7.89. The molecule has 0 spiro atoms. The first-order valence-electron chi connectivity index (χ1n) is 5.27. The van der Waals surface area contributed by atoms with Gasteiger partial charge in [0.05, 0.1) is 6.20 Å². The molecule has 2 aromatic rings. The summed E-state index contributed by atoms with van der Waals surface area (Å²) < 4.78 is 1.80. The summed E-state index contributed by atoms with van der Waals surface area (Å²) in [5.74, 6) is 0. The van der Waals surface area contributed by atoms with Gasteiger partial charge in [0, 0.05) is 37.6 Å². The Morgan fingerprint density at radius 2 is 2.12 bits per heavy atom. The molecule has 0 saturated heterocycles. The molecule has 0 unspecified atom stereocenters. The SMILES string of the molecule is Cn1cc(CNCc2ccccc2N)cn1. The van der Waals surface area contributed by atoms with Crippen molar-refractivity contribution < 1.29 is 0 Å². The molecule has 0 amide bonds. The summed E-state index contributed by atoms with van der Waals surface area (Å²) in [6.45, 7) is 1.59. The van der Waals surface area contributed by atoms with Gasteiger partial charge in [-0.25, -0.2) is 0 Å². The Morgan fingerprint density at radius 1 is 1.31 bits per heavy atom. The Bertz CT molecular complexity index is 462. The second-order valence-corrected chi connectivity index (χ2v) is 3.82. The van der Waals surface area contributed by atoms with Crippen LogP contribution in [0.5, 0.6) is 0 Å². The maximum atomic E-state index is 5.85. The van der Waals surface area contributed by atoms with Crippen molar-refractivity contribution in [2.75, 3.05) is 5.73 Å². The number of benzene rings is 1. The minimum absolute atomic E-state index is 0.779. The van der Waals surface area contributed by atoms with Crippen LogP contribution in [0.4, 0.5) is 5.69 Å². The second-order valence-electron chi connectivity index (χ2n) is 3.82. The first kappa shape index (κ1) is 10.7. The molecule has 1 aromatic heterocycles. The third kappa shape index (κ3) is 2.61. The second kappa shape index (κ2) is 4.81. The van der Waals surface area contributed by atoms with Crippen molar-refractivity contribution in [2.45, 2.75) is 13.1 Å². The van der Waals surface area contributed by atoms with Crippen LogP contribution in [0.2, 0.25) is 0 Å². The fourth-order valence-electron chi connectivity index (χ4n) is 1.60. The highest BCUT2D eigenvalue weighted by Crippen LogP contribution is 2.09. The van der Waals surface area contributed by atoms with Crippen molar-refractivity contribution in [2.24, 2.45) is 7.05 Å². The molecule has 0 atom stereocenters. The molecule has 4 nitrogen and oxygen atoms in total. The lowest BCUT2D eigenvalue weighted by Gasteiger charge is -2.06. The van der Waals surface area contributed by atoms with Crippen LogP contribution in [-0.4, -0.2) is 9.78 Å². The number of rotatable bonds is 4. The molecule has 84 valence electrons. The number of nitrogens with zero attached hydrogens (tertiary/aromatic N) is 2. The lowest BCUT2D eigenvalue weighted by Crippen LogP contribution is -2.13. The van der Waals surface area contributed by atoms with E-state index in [-0.39, 0.29) is 0 Å². The standard InChI is InChI=1S/C12H16N4/c1-16-9-10(7-15-16)6-14-8-11-4-2-3-5-12(11)13/h2-5,7,9,14H,6,8,13H2,1H3. The Labute approximate surface area is 95.1 Å². The van der Waals surface area contributed by atoms with Crippen molar-refractivity contribution in [3.8, 4) is 0 Å². The molecule has 0 bridgehead atoms. The van der Waals surface area contributed by atoms with Gasteiger partial charge in [-0.15, -0.1) is 0 Å². The van der Waals surface area contributed by atoms with Gasteiger partial charge in [0.25, 0.3) is 0 Å². The first-order chi connectivity index (χ1) is 7.75. The summed E-state index contributed by atoms with van der Waals surface area (Å²) in [6.07, 6.45) is 3.86. The van der Waals surface area contributed by atoms with Gasteiger partial charge in [0.2, 0.25) is 0 Å². The molecule has 0 aliphatic heterocycles. The van der Waals surface area contributed by atoms with Crippen LogP contribution >= 0.6 is 0 Å². The molecule has 1 heterocycles. The van der Waals surface area contributed by atoms with Gasteiger partial charge < -0.3 is 11.1 Å². The molecule has 0 aliphatic rings. The molecule has 0 saturated carbocycles. The van der Waals surface area contributed by atoms with E-state index in [1.54, 1.807) is 4.68 Å². The van der Waals surface area contributed by atoms with Gasteiger partial charge >= 0.3 is 0 Å². The van der Waals surface area contributed by atoms with E-state index in [9.17, 15) is 0 Å². The summed E-state index contributed by atoms with van der Waals surface area (Å²) in [4.78, 5) is 0. The molecule has 16 heavy (non-hydrogen) atoms. The van der Waals surface area contributed by atoms with Crippen LogP contribution in [0.25, 0.3) is 0 Å². The minimum Gasteiger partial charge on any atom is -0.398 e. The molecule has 3 N–H and O–H groups in total. The monoisotopic (exact) mass is 216 g/mol. The van der Waals surface area contributed by atoms with E-state index in [0.29, 0.717) is 0 Å². The van der Waals surface area contributed by atoms with E-state index in [0.717, 1.165) is 24.3 Å². The molecule has 0 fully saturated rings. The van der Waals surface area contributed by atoms with Crippen LogP contribution in [-0.2, 0) is 20.1 Å². The molecule has 1 aromatic carbocycles. The number of hydrogen-bond acceptors (Lipinski definition) is 3. The van der Waals surface area contributed by atoms with Crippen molar-refractivity contribution in [3.05, 3.63) is 47.8 Å². The average molecular weight is 216 g/mol. The lowest BCUT2D eigenvalue weighted by molar-refractivity contribution is 0.693. The highest BCUT2D eigenvalue weighted by atomic mass is 15.2.